The van der Waals surface area contributed by atoms with Gasteiger partial charge >= 0.3 is 5.97 Å². The maximum Gasteiger partial charge on any atom is 0.319 e. The third-order valence-electron chi connectivity index (χ3n) is 2.88. The van der Waals surface area contributed by atoms with Gasteiger partial charge in [0.05, 0.1) is 0 Å². The summed E-state index contributed by atoms with van der Waals surface area (Å²) in [6.45, 7) is 2.25. The highest BCUT2D eigenvalue weighted by molar-refractivity contribution is 14.1. The van der Waals surface area contributed by atoms with Gasteiger partial charge in [-0.05, 0) is 41.0 Å². The lowest BCUT2D eigenvalue weighted by Gasteiger charge is -2.09. The number of phenolic OH excluding ortho intramolecular Hbond substituents is 1. The van der Waals surface area contributed by atoms with Crippen molar-refractivity contribution in [1.82, 2.24) is 0 Å². The van der Waals surface area contributed by atoms with Crippen molar-refractivity contribution in [1.29, 1.82) is 0 Å². The minimum absolute atomic E-state index is 0.0880. The summed E-state index contributed by atoms with van der Waals surface area (Å²) in [5.41, 5.74) is 0.950. The molecule has 0 heterocycles. The molecule has 4 heteroatoms. The molecule has 0 radical (unpaired) electrons. The molecule has 0 saturated heterocycles. The molecule has 2 aromatic rings. The summed E-state index contributed by atoms with van der Waals surface area (Å²) in [5, 5.41) is 11.4. The van der Waals surface area contributed by atoms with E-state index in [9.17, 15) is 9.90 Å². The van der Waals surface area contributed by atoms with Crippen molar-refractivity contribution in [3.05, 3.63) is 42.0 Å². The SMILES string of the molecule is CCC(I)C(=O)OCc1ccc2cc(O)ccc2c1. The van der Waals surface area contributed by atoms with Gasteiger partial charge in [-0.25, -0.2) is 0 Å². The number of alkyl halides is 1. The van der Waals surface area contributed by atoms with E-state index in [1.165, 1.54) is 0 Å². The van der Waals surface area contributed by atoms with E-state index in [0.717, 1.165) is 22.8 Å². The molecule has 19 heavy (non-hydrogen) atoms. The second kappa shape index (κ2) is 6.23. The number of benzene rings is 2. The monoisotopic (exact) mass is 370 g/mol. The number of rotatable bonds is 4. The second-order valence-corrected chi connectivity index (χ2v) is 5.85. The fourth-order valence-corrected chi connectivity index (χ4v) is 1.96. The van der Waals surface area contributed by atoms with Gasteiger partial charge in [0.25, 0.3) is 0 Å². The number of halogens is 1. The summed E-state index contributed by atoms with van der Waals surface area (Å²) in [5.74, 6) is 0.0799. The number of phenols is 1. The summed E-state index contributed by atoms with van der Waals surface area (Å²) in [6, 6.07) is 11.0. The van der Waals surface area contributed by atoms with E-state index >= 15 is 0 Å². The Kier molecular flexibility index (Phi) is 4.63. The van der Waals surface area contributed by atoms with Crippen LogP contribution in [0.5, 0.6) is 5.75 Å². The molecule has 3 nitrogen and oxygen atoms in total. The molecule has 2 aromatic carbocycles. The predicted molar refractivity (Wildman–Crippen MR) is 83.5 cm³/mol. The molecule has 0 aliphatic rings. The lowest BCUT2D eigenvalue weighted by molar-refractivity contribution is -0.143. The van der Waals surface area contributed by atoms with Crippen LogP contribution in [0.15, 0.2) is 36.4 Å². The van der Waals surface area contributed by atoms with Crippen molar-refractivity contribution in [2.24, 2.45) is 0 Å². The molecule has 0 bridgehead atoms. The van der Waals surface area contributed by atoms with Crippen LogP contribution in [-0.4, -0.2) is 15.0 Å². The first kappa shape index (κ1) is 14.1. The highest BCUT2D eigenvalue weighted by Crippen LogP contribution is 2.21. The number of carbonyl (C=O) groups excluding carboxylic acids is 1. The summed E-state index contributed by atoms with van der Waals surface area (Å²) in [4.78, 5) is 11.6. The highest BCUT2D eigenvalue weighted by Gasteiger charge is 2.13. The molecule has 0 saturated carbocycles. The van der Waals surface area contributed by atoms with Gasteiger partial charge in [-0.1, -0.05) is 47.7 Å². The van der Waals surface area contributed by atoms with Gasteiger partial charge in [-0.15, -0.1) is 0 Å². The minimum atomic E-state index is -0.172. The van der Waals surface area contributed by atoms with Gasteiger partial charge < -0.3 is 9.84 Å². The molecule has 1 N–H and O–H groups in total. The van der Waals surface area contributed by atoms with Crippen LogP contribution >= 0.6 is 22.6 Å². The van der Waals surface area contributed by atoms with E-state index in [-0.39, 0.29) is 22.3 Å². The largest absolute Gasteiger partial charge is 0.508 e. The average molecular weight is 370 g/mol. The van der Waals surface area contributed by atoms with Crippen molar-refractivity contribution >= 4 is 39.3 Å². The normalized spacial score (nSPS) is 12.3. The van der Waals surface area contributed by atoms with E-state index in [2.05, 4.69) is 22.6 Å². The molecule has 0 aliphatic heterocycles. The number of esters is 1. The van der Waals surface area contributed by atoms with Crippen LogP contribution in [0.25, 0.3) is 10.8 Å². The Hall–Kier alpha value is -1.30. The Balaban J connectivity index is 2.09. The molecule has 1 unspecified atom stereocenters. The zero-order valence-corrected chi connectivity index (χ0v) is 12.8. The van der Waals surface area contributed by atoms with Crippen molar-refractivity contribution in [2.75, 3.05) is 0 Å². The molecular weight excluding hydrogens is 355 g/mol. The van der Waals surface area contributed by atoms with Gasteiger partial charge in [0, 0.05) is 0 Å². The van der Waals surface area contributed by atoms with Gasteiger partial charge in [-0.3, -0.25) is 4.79 Å². The second-order valence-electron chi connectivity index (χ2n) is 4.35. The summed E-state index contributed by atoms with van der Waals surface area (Å²) < 4.78 is 5.17. The maximum absolute atomic E-state index is 11.6. The molecule has 0 fully saturated rings. The summed E-state index contributed by atoms with van der Waals surface area (Å²) >= 11 is 2.09. The summed E-state index contributed by atoms with van der Waals surface area (Å²) in [6.07, 6.45) is 0.774. The lowest BCUT2D eigenvalue weighted by Crippen LogP contribution is -2.16. The topological polar surface area (TPSA) is 46.5 Å². The van der Waals surface area contributed by atoms with E-state index in [4.69, 9.17) is 4.74 Å². The average Bonchev–Trinajstić information content (AvgIpc) is 2.43. The Morgan fingerprint density at radius 1 is 1.26 bits per heavy atom. The zero-order chi connectivity index (χ0) is 13.8. The van der Waals surface area contributed by atoms with E-state index in [0.29, 0.717) is 0 Å². The molecule has 100 valence electrons. The smallest absolute Gasteiger partial charge is 0.319 e. The molecule has 0 amide bonds. The van der Waals surface area contributed by atoms with E-state index in [1.54, 1.807) is 12.1 Å². The van der Waals surface area contributed by atoms with E-state index in [1.807, 2.05) is 31.2 Å². The first-order valence-electron chi connectivity index (χ1n) is 6.12. The maximum atomic E-state index is 11.6. The van der Waals surface area contributed by atoms with Crippen LogP contribution < -0.4 is 0 Å². The standard InChI is InChI=1S/C15H15IO3/c1-2-14(16)15(18)19-9-10-3-4-12-8-13(17)6-5-11(12)7-10/h3-8,14,17H,2,9H2,1H3. The summed E-state index contributed by atoms with van der Waals surface area (Å²) in [7, 11) is 0. The van der Waals surface area contributed by atoms with Crippen LogP contribution in [0.3, 0.4) is 0 Å². The van der Waals surface area contributed by atoms with Crippen molar-refractivity contribution in [3.63, 3.8) is 0 Å². The zero-order valence-electron chi connectivity index (χ0n) is 10.6. The Bertz CT molecular complexity index is 595. The van der Waals surface area contributed by atoms with Crippen LogP contribution in [0.1, 0.15) is 18.9 Å². The van der Waals surface area contributed by atoms with Gasteiger partial charge in [0.2, 0.25) is 0 Å². The molecule has 0 aliphatic carbocycles. The Labute approximate surface area is 125 Å². The number of hydrogen-bond donors (Lipinski definition) is 1. The van der Waals surface area contributed by atoms with Gasteiger partial charge in [0.1, 0.15) is 16.3 Å². The lowest BCUT2D eigenvalue weighted by atomic mass is 10.1. The Morgan fingerprint density at radius 2 is 1.95 bits per heavy atom. The van der Waals surface area contributed by atoms with Crippen molar-refractivity contribution in [2.45, 2.75) is 23.9 Å². The van der Waals surface area contributed by atoms with Gasteiger partial charge in [0.15, 0.2) is 0 Å². The predicted octanol–water partition coefficient (Wildman–Crippen LogP) is 3.80. The molecule has 0 spiro atoms. The first-order valence-corrected chi connectivity index (χ1v) is 7.37. The molecule has 2 rings (SSSR count). The van der Waals surface area contributed by atoms with E-state index < -0.39 is 0 Å². The first-order chi connectivity index (χ1) is 9.10. The van der Waals surface area contributed by atoms with Gasteiger partial charge in [-0.2, -0.15) is 0 Å². The van der Waals surface area contributed by atoms with Crippen LogP contribution in [0.4, 0.5) is 0 Å². The fraction of sp³-hybridized carbons (Fsp3) is 0.267. The van der Waals surface area contributed by atoms with Crippen molar-refractivity contribution in [3.8, 4) is 5.75 Å². The molecular formula is C15H15IO3. The fourth-order valence-electron chi connectivity index (χ4n) is 1.78. The third-order valence-corrected chi connectivity index (χ3v) is 4.27. The molecule has 0 aromatic heterocycles. The highest BCUT2D eigenvalue weighted by atomic mass is 127. The third kappa shape index (κ3) is 3.59. The van der Waals surface area contributed by atoms with Crippen LogP contribution in [-0.2, 0) is 16.1 Å². The minimum Gasteiger partial charge on any atom is -0.508 e. The Morgan fingerprint density at radius 3 is 2.68 bits per heavy atom. The number of carbonyl (C=O) groups is 1. The van der Waals surface area contributed by atoms with Crippen LogP contribution in [0.2, 0.25) is 0 Å². The van der Waals surface area contributed by atoms with Crippen molar-refractivity contribution < 1.29 is 14.6 Å². The van der Waals surface area contributed by atoms with Crippen LogP contribution in [0, 0.1) is 0 Å². The quantitative estimate of drug-likeness (QED) is 0.506. The number of hydrogen-bond acceptors (Lipinski definition) is 3. The number of ether oxygens (including phenoxy) is 1. The number of fused-ring (bicyclic) bond motifs is 1. The number of aromatic hydroxyl groups is 1. The molecule has 1 atom stereocenters.